The lowest BCUT2D eigenvalue weighted by molar-refractivity contribution is -0.115. The highest BCUT2D eigenvalue weighted by Gasteiger charge is 2.23. The summed E-state index contributed by atoms with van der Waals surface area (Å²) < 4.78 is 19.2. The molecular formula is C20H19ClN4O3S. The van der Waals surface area contributed by atoms with Crippen molar-refractivity contribution in [2.45, 2.75) is 17.4 Å². The Hall–Kier alpha value is -2.36. The van der Waals surface area contributed by atoms with Crippen molar-refractivity contribution in [2.24, 2.45) is 5.14 Å². The van der Waals surface area contributed by atoms with Gasteiger partial charge >= 0.3 is 0 Å². The van der Waals surface area contributed by atoms with Crippen LogP contribution >= 0.6 is 11.6 Å². The predicted molar refractivity (Wildman–Crippen MR) is 112 cm³/mol. The molecule has 1 aromatic heterocycles. The van der Waals surface area contributed by atoms with E-state index in [0.717, 1.165) is 11.1 Å². The van der Waals surface area contributed by atoms with E-state index in [9.17, 15) is 9.35 Å². The number of anilines is 1. The molecule has 2 heterocycles. The summed E-state index contributed by atoms with van der Waals surface area (Å²) in [5.74, 6) is -0.225. The van der Waals surface area contributed by atoms with Gasteiger partial charge in [0.15, 0.2) is 4.90 Å². The van der Waals surface area contributed by atoms with Gasteiger partial charge in [0.25, 0.3) is 0 Å². The number of nitrogens with one attached hydrogen (secondary N) is 1. The lowest BCUT2D eigenvalue weighted by Gasteiger charge is -2.25. The molecule has 0 bridgehead atoms. The molecule has 1 atom stereocenters. The fourth-order valence-corrected chi connectivity index (χ4v) is 3.93. The highest BCUT2D eigenvalue weighted by Crippen LogP contribution is 2.30. The molecule has 3 aromatic rings. The van der Waals surface area contributed by atoms with E-state index in [2.05, 4.69) is 10.4 Å². The van der Waals surface area contributed by atoms with Crippen LogP contribution in [0.1, 0.15) is 11.6 Å². The molecule has 1 fully saturated rings. The minimum atomic E-state index is -1.73. The summed E-state index contributed by atoms with van der Waals surface area (Å²) in [6, 6.07) is 12.6. The zero-order valence-corrected chi connectivity index (χ0v) is 16.9. The molecule has 29 heavy (non-hydrogen) atoms. The van der Waals surface area contributed by atoms with Gasteiger partial charge in [0.2, 0.25) is 5.91 Å². The smallest absolute Gasteiger partial charge is 0.228 e. The van der Waals surface area contributed by atoms with Crippen molar-refractivity contribution in [3.63, 3.8) is 0 Å². The van der Waals surface area contributed by atoms with E-state index in [1.807, 2.05) is 23.0 Å². The van der Waals surface area contributed by atoms with Gasteiger partial charge < -0.3 is 14.6 Å². The fourth-order valence-electron chi connectivity index (χ4n) is 3.08. The first-order chi connectivity index (χ1) is 14.0. The topological polar surface area (TPSA) is 105 Å². The summed E-state index contributed by atoms with van der Waals surface area (Å²) in [6.07, 6.45) is 3.73. The van der Waals surface area contributed by atoms with E-state index in [0.29, 0.717) is 34.4 Å². The quantitative estimate of drug-likeness (QED) is 0.585. The van der Waals surface area contributed by atoms with Gasteiger partial charge in [0.05, 0.1) is 43.2 Å². The first kappa shape index (κ1) is 19.9. The molecule has 0 radical (unpaired) electrons. The summed E-state index contributed by atoms with van der Waals surface area (Å²) in [4.78, 5) is 12.8. The minimum Gasteiger partial charge on any atom is -0.593 e. The summed E-state index contributed by atoms with van der Waals surface area (Å²) in [7, 11) is 0. The van der Waals surface area contributed by atoms with Crippen LogP contribution in [-0.4, -0.2) is 33.5 Å². The normalized spacial score (nSPS) is 15.0. The van der Waals surface area contributed by atoms with Gasteiger partial charge in [-0.25, -0.2) is 0 Å². The second-order valence-electron chi connectivity index (χ2n) is 6.73. The number of amides is 1. The van der Waals surface area contributed by atoms with Gasteiger partial charge in [-0.15, -0.1) is 5.14 Å². The second-order valence-corrected chi connectivity index (χ2v) is 8.17. The highest BCUT2D eigenvalue weighted by atomic mass is 35.5. The Morgan fingerprint density at radius 2 is 2.14 bits per heavy atom. The van der Waals surface area contributed by atoms with E-state index in [1.54, 1.807) is 36.5 Å². The third kappa shape index (κ3) is 4.47. The van der Waals surface area contributed by atoms with Crippen molar-refractivity contribution in [2.75, 3.05) is 18.5 Å². The Balaban J connectivity index is 1.53. The molecule has 1 aliphatic heterocycles. The fraction of sp³-hybridized carbons (Fsp3) is 0.200. The van der Waals surface area contributed by atoms with Crippen molar-refractivity contribution in [3.05, 3.63) is 65.4 Å². The molecular weight excluding hydrogens is 412 g/mol. The number of hydrogen-bond acceptors (Lipinski definition) is 5. The molecule has 150 valence electrons. The minimum absolute atomic E-state index is 0.138. The Labute approximate surface area is 176 Å². The van der Waals surface area contributed by atoms with Crippen LogP contribution in [0, 0.1) is 0 Å². The van der Waals surface area contributed by atoms with Crippen molar-refractivity contribution < 1.29 is 14.1 Å². The first-order valence-corrected chi connectivity index (χ1v) is 10.6. The van der Waals surface area contributed by atoms with Crippen LogP contribution in [0.2, 0.25) is 5.02 Å². The molecule has 7 nitrogen and oxygen atoms in total. The van der Waals surface area contributed by atoms with Gasteiger partial charge in [-0.1, -0.05) is 29.8 Å². The van der Waals surface area contributed by atoms with Crippen molar-refractivity contribution in [3.8, 4) is 11.1 Å². The largest absolute Gasteiger partial charge is 0.593 e. The summed E-state index contributed by atoms with van der Waals surface area (Å²) in [5.41, 5.74) is 2.76. The van der Waals surface area contributed by atoms with Crippen molar-refractivity contribution >= 4 is 34.6 Å². The molecule has 2 aromatic carbocycles. The molecule has 1 amide bonds. The van der Waals surface area contributed by atoms with Crippen LogP contribution < -0.4 is 10.5 Å². The maximum atomic E-state index is 12.4. The number of aromatic nitrogens is 2. The molecule has 0 saturated carbocycles. The first-order valence-electron chi connectivity index (χ1n) is 8.97. The summed E-state index contributed by atoms with van der Waals surface area (Å²) in [5, 5.41) is 13.4. The van der Waals surface area contributed by atoms with Gasteiger partial charge in [-0.3, -0.25) is 9.48 Å². The van der Waals surface area contributed by atoms with Gasteiger partial charge in [0.1, 0.15) is 0 Å². The Morgan fingerprint density at radius 3 is 2.83 bits per heavy atom. The number of rotatable bonds is 6. The van der Waals surface area contributed by atoms with E-state index in [1.165, 1.54) is 0 Å². The Bertz CT molecular complexity index is 1040. The molecule has 3 N–H and O–H groups in total. The molecule has 1 aliphatic rings. The van der Waals surface area contributed by atoms with E-state index >= 15 is 0 Å². The highest BCUT2D eigenvalue weighted by molar-refractivity contribution is 7.89. The zero-order valence-electron chi connectivity index (χ0n) is 15.4. The standard InChI is InChI=1S/C20H19ClN4O3S/c21-18-4-2-1-3-13(18)7-20(26)24-15-5-6-17(19(8-15)29(22)27)14-9-23-25(10-14)16-11-28-12-16/h1-6,8-10,16H,7,11-12,22H2,(H,24,26). The maximum absolute atomic E-state index is 12.4. The number of halogens is 1. The molecule has 0 aliphatic carbocycles. The van der Waals surface area contributed by atoms with Crippen molar-refractivity contribution in [1.29, 1.82) is 0 Å². The molecule has 0 spiro atoms. The van der Waals surface area contributed by atoms with Crippen LogP contribution in [0.15, 0.2) is 59.8 Å². The van der Waals surface area contributed by atoms with E-state index in [-0.39, 0.29) is 18.4 Å². The average molecular weight is 431 g/mol. The maximum Gasteiger partial charge on any atom is 0.228 e. The zero-order chi connectivity index (χ0) is 20.4. The number of nitrogens with two attached hydrogens (primary N) is 1. The van der Waals surface area contributed by atoms with Crippen LogP contribution in [-0.2, 0) is 27.3 Å². The van der Waals surface area contributed by atoms with Crippen molar-refractivity contribution in [1.82, 2.24) is 9.78 Å². The molecule has 9 heteroatoms. The average Bonchev–Trinajstić information content (AvgIpc) is 3.11. The third-order valence-corrected chi connectivity index (χ3v) is 5.84. The number of hydrogen-bond donors (Lipinski definition) is 2. The summed E-state index contributed by atoms with van der Waals surface area (Å²) in [6.45, 7) is 1.26. The van der Waals surface area contributed by atoms with E-state index < -0.39 is 11.4 Å². The summed E-state index contributed by atoms with van der Waals surface area (Å²) >= 11 is 4.38. The van der Waals surface area contributed by atoms with Crippen LogP contribution in [0.4, 0.5) is 5.69 Å². The van der Waals surface area contributed by atoms with Crippen LogP contribution in [0.3, 0.4) is 0 Å². The monoisotopic (exact) mass is 430 g/mol. The number of nitrogens with zero attached hydrogens (tertiary/aromatic N) is 2. The van der Waals surface area contributed by atoms with E-state index in [4.69, 9.17) is 21.5 Å². The molecule has 1 unspecified atom stereocenters. The van der Waals surface area contributed by atoms with Gasteiger partial charge in [-0.05, 0) is 23.8 Å². The van der Waals surface area contributed by atoms with Gasteiger partial charge in [-0.2, -0.15) is 5.10 Å². The SMILES string of the molecule is N[S+]([O-])c1cc(NC(=O)Cc2ccccc2Cl)ccc1-c1cnn(C2COC2)c1. The number of carbonyl (C=O) groups excluding carboxylic acids is 1. The lowest BCUT2D eigenvalue weighted by atomic mass is 10.1. The van der Waals surface area contributed by atoms with Crippen LogP contribution in [0.25, 0.3) is 11.1 Å². The second kappa shape index (κ2) is 8.56. The third-order valence-electron chi connectivity index (χ3n) is 4.70. The predicted octanol–water partition coefficient (Wildman–Crippen LogP) is 2.94. The number of carbonyl (C=O) groups is 1. The Morgan fingerprint density at radius 1 is 1.34 bits per heavy atom. The van der Waals surface area contributed by atoms with Gasteiger partial charge in [0, 0.05) is 34.1 Å². The number of benzene rings is 2. The number of ether oxygens (including phenoxy) is 1. The lowest BCUT2D eigenvalue weighted by Crippen LogP contribution is -2.30. The molecule has 4 rings (SSSR count). The van der Waals surface area contributed by atoms with Crippen LogP contribution in [0.5, 0.6) is 0 Å². The molecule has 1 saturated heterocycles. The Kier molecular flexibility index (Phi) is 5.89.